The number of aliphatic carboxylic acids is 1. The molecule has 1 unspecified atom stereocenters. The Morgan fingerprint density at radius 3 is 2.37 bits per heavy atom. The van der Waals surface area contributed by atoms with Crippen LogP contribution in [0.1, 0.15) is 27.7 Å². The van der Waals surface area contributed by atoms with Gasteiger partial charge < -0.3 is 15.2 Å². The SMILES string of the molecule is CCN(CC(=O)OC(C)(C)C)CC(NC=O)C(=O)O. The highest BCUT2D eigenvalue weighted by Crippen LogP contribution is 2.07. The Morgan fingerprint density at radius 1 is 1.42 bits per heavy atom. The summed E-state index contributed by atoms with van der Waals surface area (Å²) in [4.78, 5) is 34.4. The van der Waals surface area contributed by atoms with Gasteiger partial charge >= 0.3 is 11.9 Å². The molecular formula is C12H22N2O5. The Morgan fingerprint density at radius 2 is 2.00 bits per heavy atom. The van der Waals surface area contributed by atoms with Crippen LogP contribution >= 0.6 is 0 Å². The number of rotatable bonds is 8. The summed E-state index contributed by atoms with van der Waals surface area (Å²) in [5, 5.41) is 11.1. The lowest BCUT2D eigenvalue weighted by Gasteiger charge is -2.25. The van der Waals surface area contributed by atoms with E-state index in [0.717, 1.165) is 0 Å². The van der Waals surface area contributed by atoms with E-state index in [1.54, 1.807) is 32.6 Å². The van der Waals surface area contributed by atoms with Crippen LogP contribution < -0.4 is 5.32 Å². The molecule has 0 aliphatic heterocycles. The Kier molecular flexibility index (Phi) is 7.06. The van der Waals surface area contributed by atoms with Gasteiger partial charge in [-0.15, -0.1) is 0 Å². The van der Waals surface area contributed by atoms with E-state index in [4.69, 9.17) is 9.84 Å². The van der Waals surface area contributed by atoms with Crippen molar-refractivity contribution in [2.24, 2.45) is 0 Å². The van der Waals surface area contributed by atoms with Crippen molar-refractivity contribution in [3.63, 3.8) is 0 Å². The normalized spacial score (nSPS) is 12.9. The maximum atomic E-state index is 11.6. The minimum absolute atomic E-state index is 0.0158. The first-order valence-corrected chi connectivity index (χ1v) is 6.06. The average molecular weight is 274 g/mol. The fourth-order valence-electron chi connectivity index (χ4n) is 1.40. The van der Waals surface area contributed by atoms with Gasteiger partial charge in [0.25, 0.3) is 0 Å². The van der Waals surface area contributed by atoms with Crippen molar-refractivity contribution in [2.75, 3.05) is 19.6 Å². The second kappa shape index (κ2) is 7.73. The molecule has 0 heterocycles. The lowest BCUT2D eigenvalue weighted by atomic mass is 10.2. The summed E-state index contributed by atoms with van der Waals surface area (Å²) >= 11 is 0. The first-order chi connectivity index (χ1) is 8.69. The molecule has 0 aromatic heterocycles. The molecule has 2 N–H and O–H groups in total. The van der Waals surface area contributed by atoms with Crippen LogP contribution in [0.2, 0.25) is 0 Å². The van der Waals surface area contributed by atoms with Gasteiger partial charge in [-0.05, 0) is 27.3 Å². The standard InChI is InChI=1S/C12H22N2O5/c1-5-14(6-9(11(17)18)13-8-15)7-10(16)19-12(2,3)4/h8-9H,5-7H2,1-4H3,(H,13,15)(H,17,18). The predicted octanol–water partition coefficient (Wildman–Crippen LogP) is -0.151. The van der Waals surface area contributed by atoms with Crippen LogP contribution in [0.5, 0.6) is 0 Å². The van der Waals surface area contributed by atoms with E-state index in [-0.39, 0.29) is 13.1 Å². The molecule has 0 aromatic rings. The van der Waals surface area contributed by atoms with Crippen molar-refractivity contribution >= 4 is 18.3 Å². The maximum absolute atomic E-state index is 11.6. The first-order valence-electron chi connectivity index (χ1n) is 6.06. The lowest BCUT2D eigenvalue weighted by molar-refractivity contribution is -0.156. The number of esters is 1. The first kappa shape index (κ1) is 17.4. The number of ether oxygens (including phenoxy) is 1. The predicted molar refractivity (Wildman–Crippen MR) is 68.6 cm³/mol. The van der Waals surface area contributed by atoms with Gasteiger partial charge in [0.1, 0.15) is 11.6 Å². The molecular weight excluding hydrogens is 252 g/mol. The molecule has 7 nitrogen and oxygen atoms in total. The van der Waals surface area contributed by atoms with Gasteiger partial charge in [0.05, 0.1) is 6.54 Å². The molecule has 0 aliphatic rings. The fraction of sp³-hybridized carbons (Fsp3) is 0.750. The third kappa shape index (κ3) is 8.15. The van der Waals surface area contributed by atoms with Crippen LogP contribution in [0.4, 0.5) is 0 Å². The summed E-state index contributed by atoms with van der Waals surface area (Å²) < 4.78 is 5.15. The minimum atomic E-state index is -1.14. The summed E-state index contributed by atoms with van der Waals surface area (Å²) in [6, 6.07) is -1.04. The summed E-state index contributed by atoms with van der Waals surface area (Å²) in [7, 11) is 0. The zero-order valence-corrected chi connectivity index (χ0v) is 11.8. The molecule has 1 atom stereocenters. The maximum Gasteiger partial charge on any atom is 0.327 e. The molecule has 1 amide bonds. The van der Waals surface area contributed by atoms with E-state index < -0.39 is 23.6 Å². The number of hydrogen-bond donors (Lipinski definition) is 2. The lowest BCUT2D eigenvalue weighted by Crippen LogP contribution is -2.47. The molecule has 19 heavy (non-hydrogen) atoms. The second-order valence-electron chi connectivity index (χ2n) is 5.09. The van der Waals surface area contributed by atoms with Crippen LogP contribution in [-0.2, 0) is 19.1 Å². The molecule has 0 saturated carbocycles. The van der Waals surface area contributed by atoms with Gasteiger partial charge in [0, 0.05) is 6.54 Å². The minimum Gasteiger partial charge on any atom is -0.480 e. The third-order valence-electron chi connectivity index (χ3n) is 2.23. The molecule has 0 saturated heterocycles. The number of amides is 1. The molecule has 0 rings (SSSR count). The highest BCUT2D eigenvalue weighted by Gasteiger charge is 2.23. The molecule has 0 fully saturated rings. The van der Waals surface area contributed by atoms with Crippen LogP contribution in [0.15, 0.2) is 0 Å². The zero-order chi connectivity index (χ0) is 15.1. The quantitative estimate of drug-likeness (QED) is 0.472. The van der Waals surface area contributed by atoms with Crippen molar-refractivity contribution in [3.05, 3.63) is 0 Å². The number of carbonyl (C=O) groups excluding carboxylic acids is 2. The van der Waals surface area contributed by atoms with E-state index in [1.165, 1.54) is 0 Å². The van der Waals surface area contributed by atoms with Gasteiger partial charge in [-0.3, -0.25) is 14.5 Å². The van der Waals surface area contributed by atoms with Gasteiger partial charge in [0.15, 0.2) is 0 Å². The second-order valence-corrected chi connectivity index (χ2v) is 5.09. The van der Waals surface area contributed by atoms with Gasteiger partial charge in [-0.2, -0.15) is 0 Å². The third-order valence-corrected chi connectivity index (χ3v) is 2.23. The molecule has 110 valence electrons. The number of carboxylic acids is 1. The number of carboxylic acid groups (broad SMARTS) is 1. The van der Waals surface area contributed by atoms with Crippen LogP contribution in [0.3, 0.4) is 0 Å². The number of hydrogen-bond acceptors (Lipinski definition) is 5. The Labute approximate surface area is 112 Å². The van der Waals surface area contributed by atoms with Gasteiger partial charge in [-0.1, -0.05) is 6.92 Å². The zero-order valence-electron chi connectivity index (χ0n) is 11.8. The van der Waals surface area contributed by atoms with E-state index in [0.29, 0.717) is 13.0 Å². The molecule has 0 bridgehead atoms. The summed E-state index contributed by atoms with van der Waals surface area (Å²) in [6.45, 7) is 7.58. The number of carbonyl (C=O) groups is 3. The highest BCUT2D eigenvalue weighted by atomic mass is 16.6. The van der Waals surface area contributed by atoms with Crippen LogP contribution in [0.25, 0.3) is 0 Å². The monoisotopic (exact) mass is 274 g/mol. The largest absolute Gasteiger partial charge is 0.480 e. The Bertz CT molecular complexity index is 325. The molecule has 0 radical (unpaired) electrons. The number of nitrogens with one attached hydrogen (secondary N) is 1. The van der Waals surface area contributed by atoms with Crippen LogP contribution in [-0.4, -0.2) is 59.6 Å². The molecule has 0 spiro atoms. The van der Waals surface area contributed by atoms with E-state index in [9.17, 15) is 14.4 Å². The van der Waals surface area contributed by atoms with Crippen molar-refractivity contribution in [3.8, 4) is 0 Å². The van der Waals surface area contributed by atoms with Crippen molar-refractivity contribution in [1.82, 2.24) is 10.2 Å². The Balaban J connectivity index is 4.45. The van der Waals surface area contributed by atoms with E-state index in [1.807, 2.05) is 0 Å². The average Bonchev–Trinajstić information content (AvgIpc) is 2.24. The Hall–Kier alpha value is -1.63. The van der Waals surface area contributed by atoms with Crippen molar-refractivity contribution in [2.45, 2.75) is 39.3 Å². The van der Waals surface area contributed by atoms with E-state index >= 15 is 0 Å². The van der Waals surface area contributed by atoms with E-state index in [2.05, 4.69) is 5.32 Å². The summed E-state index contributed by atoms with van der Waals surface area (Å²) in [5.74, 6) is -1.57. The fourth-order valence-corrected chi connectivity index (χ4v) is 1.40. The van der Waals surface area contributed by atoms with Gasteiger partial charge in [-0.25, -0.2) is 4.79 Å². The van der Waals surface area contributed by atoms with Crippen molar-refractivity contribution in [1.29, 1.82) is 0 Å². The van der Waals surface area contributed by atoms with Crippen LogP contribution in [0, 0.1) is 0 Å². The number of nitrogens with zero attached hydrogens (tertiary/aromatic N) is 1. The van der Waals surface area contributed by atoms with Gasteiger partial charge in [0.2, 0.25) is 6.41 Å². The molecule has 0 aromatic carbocycles. The molecule has 0 aliphatic carbocycles. The number of likely N-dealkylation sites (N-methyl/N-ethyl adjacent to an activating group) is 1. The summed E-state index contributed by atoms with van der Waals surface area (Å²) in [5.41, 5.74) is -0.580. The van der Waals surface area contributed by atoms with Crippen molar-refractivity contribution < 1.29 is 24.2 Å². The smallest absolute Gasteiger partial charge is 0.327 e. The highest BCUT2D eigenvalue weighted by molar-refractivity contribution is 5.77. The molecule has 7 heteroatoms. The topological polar surface area (TPSA) is 95.9 Å². The summed E-state index contributed by atoms with van der Waals surface area (Å²) in [6.07, 6.45) is 0.333.